The highest BCUT2D eigenvalue weighted by atomic mass is 16.2. The fourth-order valence-corrected chi connectivity index (χ4v) is 3.51. The summed E-state index contributed by atoms with van der Waals surface area (Å²) in [6, 6.07) is 7.15. The first-order valence-corrected chi connectivity index (χ1v) is 9.89. The second-order valence-electron chi connectivity index (χ2n) is 7.51. The molecule has 2 fully saturated rings. The van der Waals surface area contributed by atoms with Gasteiger partial charge in [-0.3, -0.25) is 35.0 Å². The number of hydrazine groups is 1. The molecule has 0 bridgehead atoms. The van der Waals surface area contributed by atoms with E-state index in [-0.39, 0.29) is 24.3 Å². The first kappa shape index (κ1) is 20.3. The molecule has 2 N–H and O–H groups in total. The maximum absolute atomic E-state index is 12.2. The van der Waals surface area contributed by atoms with E-state index in [2.05, 4.69) is 15.8 Å². The van der Waals surface area contributed by atoms with E-state index >= 15 is 0 Å². The van der Waals surface area contributed by atoms with Crippen LogP contribution in [0.25, 0.3) is 0 Å². The molecule has 0 unspecified atom stereocenters. The Labute approximate surface area is 165 Å². The van der Waals surface area contributed by atoms with Crippen LogP contribution in [0.4, 0.5) is 0 Å². The van der Waals surface area contributed by atoms with Gasteiger partial charge in [0, 0.05) is 44.8 Å². The molecule has 2 saturated heterocycles. The molecule has 2 aliphatic rings. The van der Waals surface area contributed by atoms with Gasteiger partial charge in [-0.2, -0.15) is 0 Å². The lowest BCUT2D eigenvalue weighted by molar-refractivity contribution is -0.132. The van der Waals surface area contributed by atoms with Gasteiger partial charge in [0.1, 0.15) is 0 Å². The molecule has 0 aliphatic carbocycles. The number of likely N-dealkylation sites (tertiary alicyclic amines) is 1. The zero-order valence-electron chi connectivity index (χ0n) is 16.4. The van der Waals surface area contributed by atoms with Gasteiger partial charge in [0.25, 0.3) is 11.8 Å². The second kappa shape index (κ2) is 9.66. The van der Waals surface area contributed by atoms with Gasteiger partial charge in [-0.25, -0.2) is 0 Å². The smallest absolute Gasteiger partial charge is 0.269 e. The van der Waals surface area contributed by atoms with Crippen LogP contribution in [0, 0.1) is 6.92 Å². The predicted molar refractivity (Wildman–Crippen MR) is 105 cm³/mol. The van der Waals surface area contributed by atoms with E-state index in [1.807, 2.05) is 28.9 Å². The first-order valence-electron chi connectivity index (χ1n) is 9.89. The molecular weight excluding hydrogens is 358 g/mol. The fraction of sp³-hybridized carbons (Fsp3) is 0.550. The molecule has 2 aliphatic heterocycles. The highest BCUT2D eigenvalue weighted by Crippen LogP contribution is 2.09. The molecule has 0 aromatic heterocycles. The van der Waals surface area contributed by atoms with Crippen LogP contribution >= 0.6 is 0 Å². The lowest BCUT2D eigenvalue weighted by atomic mass is 10.1. The van der Waals surface area contributed by atoms with E-state index in [1.165, 1.54) is 0 Å². The molecule has 0 radical (unpaired) electrons. The number of nitrogens with zero attached hydrogens (tertiary/aromatic N) is 3. The van der Waals surface area contributed by atoms with Crippen molar-refractivity contribution < 1.29 is 14.4 Å². The molecule has 8 heteroatoms. The molecule has 28 heavy (non-hydrogen) atoms. The molecule has 0 saturated carbocycles. The second-order valence-corrected chi connectivity index (χ2v) is 7.51. The minimum atomic E-state index is -0.335. The minimum Gasteiger partial charge on any atom is -0.342 e. The van der Waals surface area contributed by atoms with Crippen molar-refractivity contribution in [3.63, 3.8) is 0 Å². The van der Waals surface area contributed by atoms with Gasteiger partial charge >= 0.3 is 0 Å². The summed E-state index contributed by atoms with van der Waals surface area (Å²) in [4.78, 5) is 42.5. The molecule has 0 spiro atoms. The maximum atomic E-state index is 12.2. The molecule has 3 rings (SSSR count). The summed E-state index contributed by atoms with van der Waals surface area (Å²) < 4.78 is 0. The summed E-state index contributed by atoms with van der Waals surface area (Å²) in [7, 11) is 0. The molecule has 2 heterocycles. The molecule has 1 aromatic carbocycles. The lowest BCUT2D eigenvalue weighted by Crippen LogP contribution is -2.53. The van der Waals surface area contributed by atoms with Gasteiger partial charge in [0.15, 0.2) is 0 Å². The summed E-state index contributed by atoms with van der Waals surface area (Å²) >= 11 is 0. The van der Waals surface area contributed by atoms with Gasteiger partial charge in [0.05, 0.1) is 13.1 Å². The Morgan fingerprint density at radius 3 is 2.00 bits per heavy atom. The van der Waals surface area contributed by atoms with E-state index in [4.69, 9.17) is 0 Å². The van der Waals surface area contributed by atoms with Crippen LogP contribution < -0.4 is 10.9 Å². The molecule has 0 atom stereocenters. The quantitative estimate of drug-likeness (QED) is 0.695. The SMILES string of the molecule is Cc1ccc(C(=O)NNC(=O)CN2CCN(CC(=O)N3CCCC3)CC2)cc1. The van der Waals surface area contributed by atoms with Crippen LogP contribution in [-0.4, -0.2) is 84.8 Å². The van der Waals surface area contributed by atoms with Crippen LogP contribution in [0.15, 0.2) is 24.3 Å². The monoisotopic (exact) mass is 387 g/mol. The van der Waals surface area contributed by atoms with Crippen molar-refractivity contribution in [2.75, 3.05) is 52.4 Å². The summed E-state index contributed by atoms with van der Waals surface area (Å²) in [5.41, 5.74) is 6.49. The van der Waals surface area contributed by atoms with E-state index in [0.29, 0.717) is 12.1 Å². The van der Waals surface area contributed by atoms with Crippen molar-refractivity contribution in [1.29, 1.82) is 0 Å². The zero-order valence-corrected chi connectivity index (χ0v) is 16.4. The van der Waals surface area contributed by atoms with Gasteiger partial charge < -0.3 is 4.90 Å². The lowest BCUT2D eigenvalue weighted by Gasteiger charge is -2.34. The minimum absolute atomic E-state index is 0.211. The van der Waals surface area contributed by atoms with Crippen LogP contribution in [0.2, 0.25) is 0 Å². The van der Waals surface area contributed by atoms with Crippen molar-refractivity contribution in [3.8, 4) is 0 Å². The van der Waals surface area contributed by atoms with Gasteiger partial charge in [-0.05, 0) is 31.9 Å². The number of aryl methyl sites for hydroxylation is 1. The van der Waals surface area contributed by atoms with Crippen molar-refractivity contribution >= 4 is 17.7 Å². The van der Waals surface area contributed by atoms with Crippen molar-refractivity contribution in [3.05, 3.63) is 35.4 Å². The zero-order chi connectivity index (χ0) is 19.9. The Morgan fingerprint density at radius 2 is 1.39 bits per heavy atom. The van der Waals surface area contributed by atoms with Gasteiger partial charge in [-0.15, -0.1) is 0 Å². The Balaban J connectivity index is 1.33. The van der Waals surface area contributed by atoms with E-state index in [9.17, 15) is 14.4 Å². The average Bonchev–Trinajstić information content (AvgIpc) is 3.23. The molecule has 8 nitrogen and oxygen atoms in total. The standard InChI is InChI=1S/C20H29N5O3/c1-16-4-6-17(7-5-16)20(28)22-21-18(26)14-23-10-12-24(13-11-23)15-19(27)25-8-2-3-9-25/h4-7H,2-3,8-15H2,1H3,(H,21,26)(H,22,28). The van der Waals surface area contributed by atoms with Crippen molar-refractivity contribution in [2.24, 2.45) is 0 Å². The number of hydrogen-bond acceptors (Lipinski definition) is 5. The van der Waals surface area contributed by atoms with Gasteiger partial charge in [0.2, 0.25) is 5.91 Å². The fourth-order valence-electron chi connectivity index (χ4n) is 3.51. The number of hydrogen-bond donors (Lipinski definition) is 2. The third-order valence-electron chi connectivity index (χ3n) is 5.28. The molecule has 3 amide bonds. The molecular formula is C20H29N5O3. The summed E-state index contributed by atoms with van der Waals surface area (Å²) in [5, 5.41) is 0. The van der Waals surface area contributed by atoms with E-state index in [1.54, 1.807) is 12.1 Å². The highest BCUT2D eigenvalue weighted by molar-refractivity contribution is 5.95. The predicted octanol–water partition coefficient (Wildman–Crippen LogP) is -0.00398. The Bertz CT molecular complexity index is 692. The highest BCUT2D eigenvalue weighted by Gasteiger charge is 2.24. The summed E-state index contributed by atoms with van der Waals surface area (Å²) in [5.74, 6) is -0.372. The Hall–Kier alpha value is -2.45. The van der Waals surface area contributed by atoms with Crippen LogP contribution in [-0.2, 0) is 9.59 Å². The van der Waals surface area contributed by atoms with E-state index < -0.39 is 0 Å². The summed E-state index contributed by atoms with van der Waals surface area (Å²) in [6.45, 7) is 7.39. The van der Waals surface area contributed by atoms with Gasteiger partial charge in [-0.1, -0.05) is 17.7 Å². The normalized spacial score (nSPS) is 18.1. The van der Waals surface area contributed by atoms with Crippen LogP contribution in [0.1, 0.15) is 28.8 Å². The molecule has 152 valence electrons. The van der Waals surface area contributed by atoms with Crippen LogP contribution in [0.5, 0.6) is 0 Å². The maximum Gasteiger partial charge on any atom is 0.269 e. The Kier molecular flexibility index (Phi) is 7.00. The largest absolute Gasteiger partial charge is 0.342 e. The van der Waals surface area contributed by atoms with Crippen LogP contribution in [0.3, 0.4) is 0 Å². The number of carbonyl (C=O) groups is 3. The number of carbonyl (C=O) groups excluding carboxylic acids is 3. The number of benzene rings is 1. The molecule has 1 aromatic rings. The number of amides is 3. The van der Waals surface area contributed by atoms with E-state index in [0.717, 1.165) is 57.7 Å². The third-order valence-corrected chi connectivity index (χ3v) is 5.28. The van der Waals surface area contributed by atoms with Crippen molar-refractivity contribution in [2.45, 2.75) is 19.8 Å². The Morgan fingerprint density at radius 1 is 0.821 bits per heavy atom. The number of piperazine rings is 1. The average molecular weight is 387 g/mol. The van der Waals surface area contributed by atoms with Crippen molar-refractivity contribution in [1.82, 2.24) is 25.6 Å². The number of nitrogens with one attached hydrogen (secondary N) is 2. The number of rotatable bonds is 5. The topological polar surface area (TPSA) is 85.0 Å². The first-order chi connectivity index (χ1) is 13.5. The summed E-state index contributed by atoms with van der Waals surface area (Å²) in [6.07, 6.45) is 2.21. The third kappa shape index (κ3) is 5.77.